The highest BCUT2D eigenvalue weighted by molar-refractivity contribution is 6.00. The van der Waals surface area contributed by atoms with Gasteiger partial charge in [0.1, 0.15) is 12.6 Å². The Kier molecular flexibility index (Phi) is 8.47. The van der Waals surface area contributed by atoms with Gasteiger partial charge in [0.25, 0.3) is 5.91 Å². The summed E-state index contributed by atoms with van der Waals surface area (Å²) in [4.78, 5) is 32.5. The SMILES string of the molecule is N#Cc1ccccc1Cn1cc(/C=N\NC(=O)[C@@H](Cc2cnc[nH]2)NC(=O)OCc2ccccc2)c2ccccc21. The number of benzene rings is 3. The number of H-pyrrole nitrogens is 1. The van der Waals surface area contributed by atoms with E-state index in [2.05, 4.69) is 31.9 Å². The third-order valence-corrected chi connectivity index (χ3v) is 6.48. The minimum atomic E-state index is -0.959. The van der Waals surface area contributed by atoms with Crippen molar-refractivity contribution in [3.63, 3.8) is 0 Å². The predicted molar refractivity (Wildman–Crippen MR) is 154 cm³/mol. The summed E-state index contributed by atoms with van der Waals surface area (Å²) in [5.41, 5.74) is 7.31. The van der Waals surface area contributed by atoms with Crippen LogP contribution in [0, 0.1) is 11.3 Å². The Hall–Kier alpha value is -5.69. The molecule has 41 heavy (non-hydrogen) atoms. The quantitative estimate of drug-likeness (QED) is 0.178. The topological polar surface area (TPSA) is 137 Å². The van der Waals surface area contributed by atoms with Crippen LogP contribution in [-0.4, -0.2) is 38.8 Å². The molecule has 2 aromatic heterocycles. The van der Waals surface area contributed by atoms with Gasteiger partial charge in [-0.1, -0.05) is 66.7 Å². The molecule has 0 spiro atoms. The first-order valence-corrected chi connectivity index (χ1v) is 12.9. The van der Waals surface area contributed by atoms with E-state index in [9.17, 15) is 14.9 Å². The summed E-state index contributed by atoms with van der Waals surface area (Å²) < 4.78 is 7.34. The molecule has 1 atom stereocenters. The number of nitriles is 1. The first-order valence-electron chi connectivity index (χ1n) is 12.9. The fraction of sp³-hybridized carbons (Fsp3) is 0.129. The molecule has 3 N–H and O–H groups in total. The van der Waals surface area contributed by atoms with Crippen LogP contribution in [0.5, 0.6) is 0 Å². The molecule has 0 fully saturated rings. The molecule has 0 bridgehead atoms. The number of carbonyl (C=O) groups excluding carboxylic acids is 2. The maximum absolute atomic E-state index is 13.1. The molecule has 2 heterocycles. The van der Waals surface area contributed by atoms with E-state index in [1.807, 2.05) is 83.6 Å². The van der Waals surface area contributed by atoms with Crippen LogP contribution in [0.2, 0.25) is 0 Å². The first-order chi connectivity index (χ1) is 20.1. The predicted octanol–water partition coefficient (Wildman–Crippen LogP) is 4.27. The molecule has 0 saturated heterocycles. The number of aromatic nitrogens is 3. The molecule has 5 aromatic rings. The van der Waals surface area contributed by atoms with Gasteiger partial charge in [-0.2, -0.15) is 10.4 Å². The number of aromatic amines is 1. The molecule has 0 aliphatic rings. The summed E-state index contributed by atoms with van der Waals surface area (Å²) in [5.74, 6) is -0.515. The highest BCUT2D eigenvalue weighted by atomic mass is 16.5. The zero-order valence-electron chi connectivity index (χ0n) is 22.0. The Bertz CT molecular complexity index is 1700. The van der Waals surface area contributed by atoms with Gasteiger partial charge in [0.05, 0.1) is 24.2 Å². The van der Waals surface area contributed by atoms with Crippen LogP contribution < -0.4 is 10.7 Å². The van der Waals surface area contributed by atoms with Gasteiger partial charge in [-0.15, -0.1) is 0 Å². The van der Waals surface area contributed by atoms with Crippen LogP contribution in [0.1, 0.15) is 27.9 Å². The van der Waals surface area contributed by atoms with E-state index in [1.165, 1.54) is 6.33 Å². The molecular weight excluding hydrogens is 518 g/mol. The summed E-state index contributed by atoms with van der Waals surface area (Å²) in [6.45, 7) is 0.581. The number of hydrogen-bond donors (Lipinski definition) is 3. The largest absolute Gasteiger partial charge is 0.445 e. The van der Waals surface area contributed by atoms with Gasteiger partial charge >= 0.3 is 6.09 Å². The lowest BCUT2D eigenvalue weighted by Crippen LogP contribution is -2.47. The van der Waals surface area contributed by atoms with Crippen LogP contribution in [0.15, 0.2) is 103 Å². The molecule has 0 aliphatic carbocycles. The molecule has 0 radical (unpaired) electrons. The molecule has 2 amide bonds. The number of alkyl carbamates (subject to hydrolysis) is 1. The Labute approximate surface area is 236 Å². The molecule has 0 aliphatic heterocycles. The van der Waals surface area contributed by atoms with Crippen molar-refractivity contribution in [3.05, 3.63) is 126 Å². The number of nitrogens with one attached hydrogen (secondary N) is 3. The van der Waals surface area contributed by atoms with Gasteiger partial charge in [-0.3, -0.25) is 4.79 Å². The van der Waals surface area contributed by atoms with Gasteiger partial charge in [0.2, 0.25) is 0 Å². The zero-order chi connectivity index (χ0) is 28.4. The number of nitrogens with zero attached hydrogens (tertiary/aromatic N) is 4. The number of amides is 2. The van der Waals surface area contributed by atoms with Crippen molar-refractivity contribution in [2.45, 2.75) is 25.6 Å². The number of imidazole rings is 1. The summed E-state index contributed by atoms with van der Waals surface area (Å²) >= 11 is 0. The molecule has 3 aromatic carbocycles. The van der Waals surface area contributed by atoms with E-state index in [0.717, 1.165) is 27.6 Å². The normalized spacial score (nSPS) is 11.7. The number of hydrazone groups is 1. The van der Waals surface area contributed by atoms with Gasteiger partial charge in [-0.05, 0) is 23.3 Å². The van der Waals surface area contributed by atoms with E-state index in [-0.39, 0.29) is 13.0 Å². The molecule has 0 unspecified atom stereocenters. The maximum atomic E-state index is 13.1. The fourth-order valence-corrected chi connectivity index (χ4v) is 4.44. The number of fused-ring (bicyclic) bond motifs is 1. The Morgan fingerprint density at radius 1 is 1.07 bits per heavy atom. The minimum Gasteiger partial charge on any atom is -0.445 e. The highest BCUT2D eigenvalue weighted by Gasteiger charge is 2.22. The number of rotatable bonds is 10. The van der Waals surface area contributed by atoms with Crippen molar-refractivity contribution >= 4 is 29.1 Å². The lowest BCUT2D eigenvalue weighted by molar-refractivity contribution is -0.123. The third kappa shape index (κ3) is 6.85. The van der Waals surface area contributed by atoms with Crippen molar-refractivity contribution < 1.29 is 14.3 Å². The lowest BCUT2D eigenvalue weighted by Gasteiger charge is -2.16. The molecule has 204 valence electrons. The van der Waals surface area contributed by atoms with Crippen molar-refractivity contribution in [2.75, 3.05) is 0 Å². The monoisotopic (exact) mass is 545 g/mol. The van der Waals surface area contributed by atoms with Crippen LogP contribution in [0.4, 0.5) is 4.79 Å². The van der Waals surface area contributed by atoms with Gasteiger partial charge in [-0.25, -0.2) is 15.2 Å². The summed E-state index contributed by atoms with van der Waals surface area (Å²) in [6, 6.07) is 25.9. The number of ether oxygens (including phenoxy) is 1. The second-order valence-corrected chi connectivity index (χ2v) is 9.27. The van der Waals surface area contributed by atoms with E-state index < -0.39 is 18.0 Å². The minimum absolute atomic E-state index is 0.0755. The molecule has 10 nitrogen and oxygen atoms in total. The van der Waals surface area contributed by atoms with Crippen molar-refractivity contribution in [1.82, 2.24) is 25.3 Å². The Morgan fingerprint density at radius 2 is 1.85 bits per heavy atom. The summed E-state index contributed by atoms with van der Waals surface area (Å²) in [7, 11) is 0. The summed E-state index contributed by atoms with van der Waals surface area (Å²) in [5, 5.41) is 17.2. The van der Waals surface area contributed by atoms with Crippen LogP contribution >= 0.6 is 0 Å². The highest BCUT2D eigenvalue weighted by Crippen LogP contribution is 2.22. The zero-order valence-corrected chi connectivity index (χ0v) is 22.0. The van der Waals surface area contributed by atoms with Crippen molar-refractivity contribution in [2.24, 2.45) is 5.10 Å². The fourth-order valence-electron chi connectivity index (χ4n) is 4.44. The lowest BCUT2D eigenvalue weighted by atomic mass is 10.1. The average molecular weight is 546 g/mol. The summed E-state index contributed by atoms with van der Waals surface area (Å²) in [6.07, 6.45) is 6.02. The van der Waals surface area contributed by atoms with E-state index in [0.29, 0.717) is 17.8 Å². The van der Waals surface area contributed by atoms with Crippen LogP contribution in [0.25, 0.3) is 10.9 Å². The second kappa shape index (κ2) is 12.9. The van der Waals surface area contributed by atoms with Crippen molar-refractivity contribution in [1.29, 1.82) is 5.26 Å². The smallest absolute Gasteiger partial charge is 0.408 e. The number of para-hydroxylation sites is 1. The maximum Gasteiger partial charge on any atom is 0.408 e. The van der Waals surface area contributed by atoms with E-state index >= 15 is 0 Å². The Balaban J connectivity index is 1.28. The van der Waals surface area contributed by atoms with Crippen LogP contribution in [0.3, 0.4) is 0 Å². The number of hydrogen-bond acceptors (Lipinski definition) is 6. The number of carbonyl (C=O) groups is 2. The molecule has 0 saturated carbocycles. The average Bonchev–Trinajstić information content (AvgIpc) is 3.65. The van der Waals surface area contributed by atoms with Crippen molar-refractivity contribution in [3.8, 4) is 6.07 Å². The third-order valence-electron chi connectivity index (χ3n) is 6.48. The van der Waals surface area contributed by atoms with E-state index in [4.69, 9.17) is 4.74 Å². The standard InChI is InChI=1S/C31H27N7O3/c32-15-23-10-4-5-11-24(23)18-38-19-25(27-12-6-7-13-29(27)38)16-35-37-30(39)28(14-26-17-33-21-34-26)36-31(40)41-20-22-8-2-1-3-9-22/h1-13,16-17,19,21,28H,14,18,20H2,(H,33,34)(H,36,40)(H,37,39)/b35-16-/t28-/m1/s1. The first kappa shape index (κ1) is 26.9. The van der Waals surface area contributed by atoms with Crippen LogP contribution in [-0.2, 0) is 29.1 Å². The molecule has 5 rings (SSSR count). The second-order valence-electron chi connectivity index (χ2n) is 9.27. The van der Waals surface area contributed by atoms with Gasteiger partial charge < -0.3 is 19.6 Å². The molecular formula is C31H27N7O3. The Morgan fingerprint density at radius 3 is 2.66 bits per heavy atom. The van der Waals surface area contributed by atoms with E-state index in [1.54, 1.807) is 18.5 Å². The van der Waals surface area contributed by atoms with Gasteiger partial charge in [0, 0.05) is 47.5 Å². The molecule has 10 heteroatoms. The van der Waals surface area contributed by atoms with Gasteiger partial charge in [0.15, 0.2) is 0 Å².